The van der Waals surface area contributed by atoms with Gasteiger partial charge in [-0.3, -0.25) is 14.9 Å². The number of hydrogen-bond donors (Lipinski definition) is 2. The number of aromatic nitrogens is 2. The number of H-pyrrole nitrogens is 1. The van der Waals surface area contributed by atoms with Crippen LogP contribution in [0.25, 0.3) is 11.0 Å². The fraction of sp³-hybridized carbons (Fsp3) is 0.364. The number of nitrogens with zero attached hydrogens (tertiary/aromatic N) is 3. The summed E-state index contributed by atoms with van der Waals surface area (Å²) in [5, 5.41) is 14.7. The Kier molecular flexibility index (Phi) is 4.61. The van der Waals surface area contributed by atoms with Crippen molar-refractivity contribution in [1.82, 2.24) is 14.9 Å². The molecule has 0 radical (unpaired) electrons. The lowest BCUT2D eigenvalue weighted by Gasteiger charge is -2.32. The number of hydrogen-bond acceptors (Lipinski definition) is 5. The SMILES string of the molecule is O=C(c1ccc(NC2CC2)c([N+](=O)[O-])c1)N1CCC[C@@H](c2nc3ccccc3[nH]2)C1. The lowest BCUT2D eigenvalue weighted by molar-refractivity contribution is -0.384. The summed E-state index contributed by atoms with van der Waals surface area (Å²) in [5.41, 5.74) is 2.71. The van der Waals surface area contributed by atoms with Crippen molar-refractivity contribution in [3.63, 3.8) is 0 Å². The summed E-state index contributed by atoms with van der Waals surface area (Å²) in [6, 6.07) is 12.9. The van der Waals surface area contributed by atoms with Gasteiger partial charge in [-0.15, -0.1) is 0 Å². The van der Waals surface area contributed by atoms with Gasteiger partial charge in [-0.1, -0.05) is 12.1 Å². The summed E-state index contributed by atoms with van der Waals surface area (Å²) in [6.07, 6.45) is 3.87. The molecule has 2 heterocycles. The maximum atomic E-state index is 13.1. The molecule has 2 aliphatic rings. The number of fused-ring (bicyclic) bond motifs is 1. The van der Waals surface area contributed by atoms with Crippen LogP contribution in [-0.2, 0) is 0 Å². The van der Waals surface area contributed by atoms with Gasteiger partial charge in [0, 0.05) is 36.7 Å². The molecular weight excluding hydrogens is 382 g/mol. The number of para-hydroxylation sites is 2. The van der Waals surface area contributed by atoms with Gasteiger partial charge in [-0.2, -0.15) is 0 Å². The number of aromatic amines is 1. The fourth-order valence-corrected chi connectivity index (χ4v) is 4.12. The Balaban J connectivity index is 1.36. The number of benzene rings is 2. The van der Waals surface area contributed by atoms with E-state index < -0.39 is 4.92 Å². The second-order valence-corrected chi connectivity index (χ2v) is 8.14. The Morgan fingerprint density at radius 3 is 2.80 bits per heavy atom. The predicted octanol–water partition coefficient (Wildman–Crippen LogP) is 4.07. The Hall–Kier alpha value is -3.42. The molecule has 1 saturated carbocycles. The first-order chi connectivity index (χ1) is 14.6. The van der Waals surface area contributed by atoms with Crippen LogP contribution in [-0.4, -0.2) is 44.8 Å². The van der Waals surface area contributed by atoms with Gasteiger partial charge in [0.25, 0.3) is 11.6 Å². The molecule has 2 fully saturated rings. The number of carbonyl (C=O) groups excluding carboxylic acids is 1. The topological polar surface area (TPSA) is 104 Å². The molecule has 3 aromatic rings. The second-order valence-electron chi connectivity index (χ2n) is 8.14. The Bertz CT molecular complexity index is 1090. The first kappa shape index (κ1) is 18.6. The number of nitro groups is 1. The van der Waals surface area contributed by atoms with Gasteiger partial charge in [0.15, 0.2) is 0 Å². The molecule has 2 aromatic carbocycles. The lowest BCUT2D eigenvalue weighted by Crippen LogP contribution is -2.39. The number of carbonyl (C=O) groups is 1. The molecule has 30 heavy (non-hydrogen) atoms. The molecule has 1 aliphatic carbocycles. The van der Waals surface area contributed by atoms with Crippen molar-refractivity contribution in [1.29, 1.82) is 0 Å². The van der Waals surface area contributed by atoms with Gasteiger partial charge >= 0.3 is 0 Å². The minimum absolute atomic E-state index is 0.0430. The van der Waals surface area contributed by atoms with E-state index in [-0.39, 0.29) is 17.5 Å². The second kappa shape index (κ2) is 7.44. The number of anilines is 1. The van der Waals surface area contributed by atoms with E-state index in [0.717, 1.165) is 42.5 Å². The summed E-state index contributed by atoms with van der Waals surface area (Å²) < 4.78 is 0. The molecule has 1 amide bonds. The predicted molar refractivity (Wildman–Crippen MR) is 114 cm³/mol. The van der Waals surface area contributed by atoms with Crippen LogP contribution in [0.2, 0.25) is 0 Å². The first-order valence-electron chi connectivity index (χ1n) is 10.4. The molecule has 1 aromatic heterocycles. The lowest BCUT2D eigenvalue weighted by atomic mass is 9.96. The van der Waals surface area contributed by atoms with Crippen molar-refractivity contribution in [2.75, 3.05) is 18.4 Å². The number of likely N-dealkylation sites (tertiary alicyclic amines) is 1. The first-order valence-corrected chi connectivity index (χ1v) is 10.4. The van der Waals surface area contributed by atoms with Gasteiger partial charge in [0.1, 0.15) is 11.5 Å². The molecule has 0 unspecified atom stereocenters. The van der Waals surface area contributed by atoms with E-state index in [4.69, 9.17) is 4.98 Å². The minimum Gasteiger partial charge on any atom is -0.377 e. The van der Waals surface area contributed by atoms with E-state index in [1.54, 1.807) is 17.0 Å². The molecular formula is C22H23N5O3. The van der Waals surface area contributed by atoms with Crippen molar-refractivity contribution in [3.05, 3.63) is 64.0 Å². The highest BCUT2D eigenvalue weighted by Gasteiger charge is 2.30. The van der Waals surface area contributed by atoms with Crippen LogP contribution in [0.5, 0.6) is 0 Å². The standard InChI is InChI=1S/C22H23N5O3/c28-22(14-7-10-19(23-16-8-9-16)20(12-14)27(29)30)26-11-3-4-15(13-26)21-24-17-5-1-2-6-18(17)25-21/h1-2,5-7,10,12,15-16,23H,3-4,8-9,11,13H2,(H,24,25)/t15-/m1/s1. The highest BCUT2D eigenvalue weighted by molar-refractivity contribution is 5.96. The molecule has 5 rings (SSSR count). The Morgan fingerprint density at radius 1 is 1.20 bits per heavy atom. The number of amides is 1. The zero-order chi connectivity index (χ0) is 20.7. The monoisotopic (exact) mass is 405 g/mol. The van der Waals surface area contributed by atoms with Crippen LogP contribution < -0.4 is 5.32 Å². The molecule has 1 atom stereocenters. The molecule has 0 spiro atoms. The van der Waals surface area contributed by atoms with Crippen molar-refractivity contribution in [2.45, 2.75) is 37.6 Å². The summed E-state index contributed by atoms with van der Waals surface area (Å²) in [4.78, 5) is 34.1. The average molecular weight is 405 g/mol. The summed E-state index contributed by atoms with van der Waals surface area (Å²) in [5.74, 6) is 0.849. The fourth-order valence-electron chi connectivity index (χ4n) is 4.12. The quantitative estimate of drug-likeness (QED) is 0.492. The molecule has 8 heteroatoms. The highest BCUT2D eigenvalue weighted by atomic mass is 16.6. The normalized spacial score (nSPS) is 19.1. The van der Waals surface area contributed by atoms with Crippen molar-refractivity contribution >= 4 is 28.3 Å². The molecule has 154 valence electrons. The molecule has 0 bridgehead atoms. The summed E-state index contributed by atoms with van der Waals surface area (Å²) in [7, 11) is 0. The van der Waals surface area contributed by atoms with Gasteiger partial charge in [0.2, 0.25) is 0 Å². The third-order valence-electron chi connectivity index (χ3n) is 5.88. The van der Waals surface area contributed by atoms with Crippen LogP contribution in [0.1, 0.15) is 47.8 Å². The maximum Gasteiger partial charge on any atom is 0.293 e. The van der Waals surface area contributed by atoms with E-state index in [1.165, 1.54) is 6.07 Å². The van der Waals surface area contributed by atoms with Crippen LogP contribution in [0.4, 0.5) is 11.4 Å². The average Bonchev–Trinajstić information content (AvgIpc) is 3.47. The third kappa shape index (κ3) is 3.60. The smallest absolute Gasteiger partial charge is 0.293 e. The molecule has 2 N–H and O–H groups in total. The van der Waals surface area contributed by atoms with Crippen LogP contribution in [0.15, 0.2) is 42.5 Å². The molecule has 1 saturated heterocycles. The summed E-state index contributed by atoms with van der Waals surface area (Å²) in [6.45, 7) is 1.19. The number of imidazole rings is 1. The Morgan fingerprint density at radius 2 is 2.03 bits per heavy atom. The van der Waals surface area contributed by atoms with Crippen LogP contribution >= 0.6 is 0 Å². The molecule has 8 nitrogen and oxygen atoms in total. The van der Waals surface area contributed by atoms with Crippen LogP contribution in [0, 0.1) is 10.1 Å². The van der Waals surface area contributed by atoms with Crippen LogP contribution in [0.3, 0.4) is 0 Å². The van der Waals surface area contributed by atoms with E-state index in [1.807, 2.05) is 24.3 Å². The van der Waals surface area contributed by atoms with Gasteiger partial charge < -0.3 is 15.2 Å². The summed E-state index contributed by atoms with van der Waals surface area (Å²) >= 11 is 0. The van der Waals surface area contributed by atoms with E-state index in [0.29, 0.717) is 30.4 Å². The third-order valence-corrected chi connectivity index (χ3v) is 5.88. The maximum absolute atomic E-state index is 13.1. The Labute approximate surface area is 173 Å². The van der Waals surface area contributed by atoms with Gasteiger partial charge in [0.05, 0.1) is 16.0 Å². The highest BCUT2D eigenvalue weighted by Crippen LogP contribution is 2.33. The van der Waals surface area contributed by atoms with E-state index in [9.17, 15) is 14.9 Å². The van der Waals surface area contributed by atoms with E-state index in [2.05, 4.69) is 10.3 Å². The number of piperidine rings is 1. The largest absolute Gasteiger partial charge is 0.377 e. The number of nitro benzene ring substituents is 1. The zero-order valence-corrected chi connectivity index (χ0v) is 16.5. The van der Waals surface area contributed by atoms with Crippen molar-refractivity contribution in [2.24, 2.45) is 0 Å². The van der Waals surface area contributed by atoms with Crippen molar-refractivity contribution < 1.29 is 9.72 Å². The molecule has 1 aliphatic heterocycles. The zero-order valence-electron chi connectivity index (χ0n) is 16.5. The van der Waals surface area contributed by atoms with Gasteiger partial charge in [-0.05, 0) is 49.9 Å². The number of nitrogens with one attached hydrogen (secondary N) is 2. The number of rotatable bonds is 5. The van der Waals surface area contributed by atoms with Crippen molar-refractivity contribution in [3.8, 4) is 0 Å². The van der Waals surface area contributed by atoms with E-state index >= 15 is 0 Å². The van der Waals surface area contributed by atoms with Gasteiger partial charge in [-0.25, -0.2) is 4.98 Å². The minimum atomic E-state index is -0.422.